The van der Waals surface area contributed by atoms with Crippen molar-refractivity contribution in [2.45, 2.75) is 25.3 Å². The molecule has 1 N–H and O–H groups in total. The van der Waals surface area contributed by atoms with Crippen molar-refractivity contribution < 1.29 is 19.1 Å². The minimum Gasteiger partial charge on any atom is -0.480 e. The Morgan fingerprint density at radius 2 is 2.11 bits per heavy atom. The molecule has 0 spiro atoms. The molecule has 0 saturated carbocycles. The van der Waals surface area contributed by atoms with Gasteiger partial charge in [-0.2, -0.15) is 0 Å². The first-order valence-corrected chi connectivity index (χ1v) is 6.37. The largest absolute Gasteiger partial charge is 0.480 e. The molecule has 19 heavy (non-hydrogen) atoms. The summed E-state index contributed by atoms with van der Waals surface area (Å²) in [5, 5.41) is 9.13. The standard InChI is InChI=1S/C13H13ClFNO3/c14-10-7-8(15)4-5-9(10)12(17)16-6-2-1-3-11(16)13(18)19/h4-5,7,11H,1-3,6H2,(H,18,19)/t11-/m1/s1. The zero-order valence-electron chi connectivity index (χ0n) is 10.1. The fourth-order valence-electron chi connectivity index (χ4n) is 2.25. The Balaban J connectivity index is 2.28. The molecular formula is C13H13ClFNO3. The number of hydrogen-bond acceptors (Lipinski definition) is 2. The number of nitrogens with zero attached hydrogens (tertiary/aromatic N) is 1. The zero-order valence-corrected chi connectivity index (χ0v) is 10.9. The maximum Gasteiger partial charge on any atom is 0.326 e. The van der Waals surface area contributed by atoms with E-state index in [0.29, 0.717) is 13.0 Å². The third-order valence-corrected chi connectivity index (χ3v) is 3.52. The van der Waals surface area contributed by atoms with Crippen molar-refractivity contribution in [3.8, 4) is 0 Å². The Hall–Kier alpha value is -1.62. The molecule has 1 atom stereocenters. The lowest BCUT2D eigenvalue weighted by molar-refractivity contribution is -0.143. The van der Waals surface area contributed by atoms with Gasteiger partial charge in [0.05, 0.1) is 10.6 Å². The number of likely N-dealkylation sites (tertiary alicyclic amines) is 1. The van der Waals surface area contributed by atoms with E-state index in [0.717, 1.165) is 25.0 Å². The quantitative estimate of drug-likeness (QED) is 0.908. The van der Waals surface area contributed by atoms with Gasteiger partial charge < -0.3 is 10.0 Å². The van der Waals surface area contributed by atoms with E-state index in [4.69, 9.17) is 16.7 Å². The summed E-state index contributed by atoms with van der Waals surface area (Å²) in [6.07, 6.45) is 1.96. The average molecular weight is 286 g/mol. The number of carboxylic acid groups (broad SMARTS) is 1. The Bertz CT molecular complexity index is 521. The number of carbonyl (C=O) groups is 2. The summed E-state index contributed by atoms with van der Waals surface area (Å²) in [7, 11) is 0. The monoisotopic (exact) mass is 285 g/mol. The highest BCUT2D eigenvalue weighted by Gasteiger charge is 2.33. The van der Waals surface area contributed by atoms with Crippen molar-refractivity contribution >= 4 is 23.5 Å². The van der Waals surface area contributed by atoms with Crippen molar-refractivity contribution in [3.63, 3.8) is 0 Å². The summed E-state index contributed by atoms with van der Waals surface area (Å²) in [6.45, 7) is 0.378. The van der Waals surface area contributed by atoms with Crippen LogP contribution in [-0.4, -0.2) is 34.5 Å². The lowest BCUT2D eigenvalue weighted by Gasteiger charge is -2.33. The molecule has 4 nitrogen and oxygen atoms in total. The van der Waals surface area contributed by atoms with Gasteiger partial charge >= 0.3 is 5.97 Å². The van der Waals surface area contributed by atoms with Crippen LogP contribution in [0, 0.1) is 5.82 Å². The highest BCUT2D eigenvalue weighted by molar-refractivity contribution is 6.33. The van der Waals surface area contributed by atoms with Crippen molar-refractivity contribution in [2.24, 2.45) is 0 Å². The Morgan fingerprint density at radius 3 is 2.74 bits per heavy atom. The third-order valence-electron chi connectivity index (χ3n) is 3.21. The second-order valence-corrected chi connectivity index (χ2v) is 4.88. The molecule has 0 bridgehead atoms. The van der Waals surface area contributed by atoms with E-state index in [1.54, 1.807) is 0 Å². The lowest BCUT2D eigenvalue weighted by Crippen LogP contribution is -2.48. The predicted molar refractivity (Wildman–Crippen MR) is 67.7 cm³/mol. The molecule has 1 fully saturated rings. The Labute approximate surface area is 114 Å². The molecule has 1 aromatic carbocycles. The summed E-state index contributed by atoms with van der Waals surface area (Å²) < 4.78 is 13.0. The molecule has 1 saturated heterocycles. The molecular weight excluding hydrogens is 273 g/mol. The molecule has 1 aliphatic heterocycles. The number of piperidine rings is 1. The van der Waals surface area contributed by atoms with Crippen LogP contribution in [0.4, 0.5) is 4.39 Å². The van der Waals surface area contributed by atoms with E-state index in [-0.39, 0.29) is 10.6 Å². The normalized spacial score (nSPS) is 19.3. The van der Waals surface area contributed by atoms with E-state index in [2.05, 4.69) is 0 Å². The SMILES string of the molecule is O=C(O)[C@H]1CCCCN1C(=O)c1ccc(F)cc1Cl. The molecule has 1 aromatic rings. The van der Waals surface area contributed by atoms with Gasteiger partial charge in [0.1, 0.15) is 11.9 Å². The van der Waals surface area contributed by atoms with Gasteiger partial charge in [-0.05, 0) is 37.5 Å². The second-order valence-electron chi connectivity index (χ2n) is 4.47. The molecule has 0 aromatic heterocycles. The lowest BCUT2D eigenvalue weighted by atomic mass is 10.0. The van der Waals surface area contributed by atoms with Crippen molar-refractivity contribution in [3.05, 3.63) is 34.6 Å². The summed E-state index contributed by atoms with van der Waals surface area (Å²) in [4.78, 5) is 24.8. The Kier molecular flexibility index (Phi) is 4.04. The number of aliphatic carboxylic acids is 1. The number of halogens is 2. The van der Waals surface area contributed by atoms with Gasteiger partial charge in [-0.1, -0.05) is 11.6 Å². The first-order valence-electron chi connectivity index (χ1n) is 5.99. The third kappa shape index (κ3) is 2.87. The topological polar surface area (TPSA) is 57.6 Å². The highest BCUT2D eigenvalue weighted by atomic mass is 35.5. The van der Waals surface area contributed by atoms with Gasteiger partial charge in [0, 0.05) is 6.54 Å². The molecule has 0 aliphatic carbocycles. The van der Waals surface area contributed by atoms with Crippen LogP contribution in [0.1, 0.15) is 29.6 Å². The van der Waals surface area contributed by atoms with Gasteiger partial charge in [-0.25, -0.2) is 9.18 Å². The number of benzene rings is 1. The minimum atomic E-state index is -1.02. The van der Waals surface area contributed by atoms with Gasteiger partial charge in [-0.3, -0.25) is 4.79 Å². The minimum absolute atomic E-state index is 0.000266. The van der Waals surface area contributed by atoms with Crippen LogP contribution in [0.3, 0.4) is 0 Å². The van der Waals surface area contributed by atoms with E-state index in [9.17, 15) is 14.0 Å². The van der Waals surface area contributed by atoms with Gasteiger partial charge in [0.2, 0.25) is 0 Å². The molecule has 1 heterocycles. The first kappa shape index (κ1) is 13.8. The summed E-state index contributed by atoms with van der Waals surface area (Å²) in [5.41, 5.74) is 0.135. The zero-order chi connectivity index (χ0) is 14.0. The van der Waals surface area contributed by atoms with Gasteiger partial charge in [-0.15, -0.1) is 0 Å². The fraction of sp³-hybridized carbons (Fsp3) is 0.385. The summed E-state index contributed by atoms with van der Waals surface area (Å²) in [6, 6.07) is 2.64. The molecule has 0 radical (unpaired) electrons. The molecule has 1 aliphatic rings. The van der Waals surface area contributed by atoms with Crippen LogP contribution < -0.4 is 0 Å². The molecule has 0 unspecified atom stereocenters. The van der Waals surface area contributed by atoms with Gasteiger partial charge in [0.15, 0.2) is 0 Å². The van der Waals surface area contributed by atoms with Gasteiger partial charge in [0.25, 0.3) is 5.91 Å². The summed E-state index contributed by atoms with van der Waals surface area (Å²) in [5.74, 6) is -2.02. The van der Waals surface area contributed by atoms with Crippen LogP contribution in [0.5, 0.6) is 0 Å². The number of amides is 1. The molecule has 2 rings (SSSR count). The van der Waals surface area contributed by atoms with Crippen molar-refractivity contribution in [2.75, 3.05) is 6.54 Å². The predicted octanol–water partition coefficient (Wildman–Crippen LogP) is 2.56. The fourth-order valence-corrected chi connectivity index (χ4v) is 2.50. The Morgan fingerprint density at radius 1 is 1.37 bits per heavy atom. The van der Waals surface area contributed by atoms with Crippen LogP contribution >= 0.6 is 11.6 Å². The number of carboxylic acids is 1. The number of carbonyl (C=O) groups excluding carboxylic acids is 1. The van der Waals surface area contributed by atoms with Crippen molar-refractivity contribution in [1.82, 2.24) is 4.90 Å². The van der Waals surface area contributed by atoms with Crippen LogP contribution in [0.15, 0.2) is 18.2 Å². The number of hydrogen-bond donors (Lipinski definition) is 1. The average Bonchev–Trinajstić information content (AvgIpc) is 2.38. The van der Waals surface area contributed by atoms with Crippen LogP contribution in [-0.2, 0) is 4.79 Å². The van der Waals surface area contributed by atoms with E-state index in [1.807, 2.05) is 0 Å². The van der Waals surface area contributed by atoms with Crippen molar-refractivity contribution in [1.29, 1.82) is 0 Å². The number of rotatable bonds is 2. The van der Waals surface area contributed by atoms with Crippen LogP contribution in [0.25, 0.3) is 0 Å². The molecule has 1 amide bonds. The maximum absolute atomic E-state index is 13.0. The van der Waals surface area contributed by atoms with E-state index >= 15 is 0 Å². The molecule has 6 heteroatoms. The highest BCUT2D eigenvalue weighted by Crippen LogP contribution is 2.24. The first-order chi connectivity index (χ1) is 9.00. The van der Waals surface area contributed by atoms with E-state index < -0.39 is 23.7 Å². The second kappa shape index (κ2) is 5.57. The summed E-state index contributed by atoms with van der Waals surface area (Å²) >= 11 is 5.84. The van der Waals surface area contributed by atoms with E-state index in [1.165, 1.54) is 11.0 Å². The maximum atomic E-state index is 13.0. The van der Waals surface area contributed by atoms with Crippen LogP contribution in [0.2, 0.25) is 5.02 Å². The smallest absolute Gasteiger partial charge is 0.326 e. The molecule has 102 valence electrons.